The number of hydrogen-bond acceptors (Lipinski definition) is 5. The molecule has 8 heteroatoms. The molecule has 2 aliphatic rings. The molecule has 0 saturated carbocycles. The fourth-order valence-corrected chi connectivity index (χ4v) is 2.77. The van der Waals surface area contributed by atoms with Gasteiger partial charge in [0.25, 0.3) is 0 Å². The van der Waals surface area contributed by atoms with Crippen LogP contribution in [-0.4, -0.2) is 43.9 Å². The SMILES string of the molecule is CCCOc1cc(C2=NOC3(CCOC3)C2)ccc1OCC(F)(F)F. The zero-order valence-electron chi connectivity index (χ0n) is 13.9. The van der Waals surface area contributed by atoms with Crippen molar-refractivity contribution in [1.29, 1.82) is 0 Å². The van der Waals surface area contributed by atoms with Gasteiger partial charge >= 0.3 is 6.18 Å². The first-order valence-corrected chi connectivity index (χ1v) is 8.20. The van der Waals surface area contributed by atoms with Gasteiger partial charge in [-0.3, -0.25) is 0 Å². The van der Waals surface area contributed by atoms with Gasteiger partial charge < -0.3 is 19.0 Å². The Bertz CT molecular complexity index is 639. The highest BCUT2D eigenvalue weighted by atomic mass is 19.4. The summed E-state index contributed by atoms with van der Waals surface area (Å²) < 4.78 is 53.0. The van der Waals surface area contributed by atoms with Crippen LogP contribution < -0.4 is 9.47 Å². The summed E-state index contributed by atoms with van der Waals surface area (Å²) in [7, 11) is 0. The number of nitrogens with zero attached hydrogens (tertiary/aromatic N) is 1. The molecule has 138 valence electrons. The van der Waals surface area contributed by atoms with E-state index in [9.17, 15) is 13.2 Å². The Balaban J connectivity index is 1.76. The first-order chi connectivity index (χ1) is 11.9. The van der Waals surface area contributed by atoms with Gasteiger partial charge in [-0.25, -0.2) is 0 Å². The molecule has 2 heterocycles. The number of benzene rings is 1. The number of rotatable bonds is 6. The molecule has 0 bridgehead atoms. The zero-order chi connectivity index (χ0) is 17.9. The minimum absolute atomic E-state index is 0.0629. The third-order valence-electron chi connectivity index (χ3n) is 4.04. The van der Waals surface area contributed by atoms with Gasteiger partial charge in [0.15, 0.2) is 23.7 Å². The van der Waals surface area contributed by atoms with Crippen molar-refractivity contribution in [2.24, 2.45) is 5.16 Å². The minimum Gasteiger partial charge on any atom is -0.490 e. The monoisotopic (exact) mass is 359 g/mol. The Morgan fingerprint density at radius 2 is 2.08 bits per heavy atom. The van der Waals surface area contributed by atoms with E-state index in [0.717, 1.165) is 24.1 Å². The third kappa shape index (κ3) is 4.36. The lowest BCUT2D eigenvalue weighted by Gasteiger charge is -2.17. The second kappa shape index (κ2) is 7.11. The lowest BCUT2D eigenvalue weighted by molar-refractivity contribution is -0.153. The Morgan fingerprint density at radius 3 is 2.76 bits per heavy atom. The van der Waals surface area contributed by atoms with Gasteiger partial charge in [0.05, 0.1) is 25.5 Å². The van der Waals surface area contributed by atoms with Crippen LogP contribution >= 0.6 is 0 Å². The van der Waals surface area contributed by atoms with Gasteiger partial charge in [0, 0.05) is 18.4 Å². The van der Waals surface area contributed by atoms with Gasteiger partial charge in [-0.2, -0.15) is 13.2 Å². The molecule has 2 aliphatic heterocycles. The summed E-state index contributed by atoms with van der Waals surface area (Å²) in [6.45, 7) is 2.06. The highest BCUT2D eigenvalue weighted by Gasteiger charge is 2.43. The summed E-state index contributed by atoms with van der Waals surface area (Å²) in [6.07, 6.45) is -2.30. The van der Waals surface area contributed by atoms with Gasteiger partial charge in [-0.05, 0) is 24.6 Å². The molecule has 1 atom stereocenters. The van der Waals surface area contributed by atoms with Gasteiger partial charge in [0.1, 0.15) is 0 Å². The van der Waals surface area contributed by atoms with Crippen LogP contribution in [0.25, 0.3) is 0 Å². The highest BCUT2D eigenvalue weighted by Crippen LogP contribution is 2.36. The summed E-state index contributed by atoms with van der Waals surface area (Å²) in [5.74, 6) is 0.336. The average molecular weight is 359 g/mol. The molecular formula is C17H20F3NO4. The Kier molecular flexibility index (Phi) is 5.08. The van der Waals surface area contributed by atoms with Crippen LogP contribution in [0.1, 0.15) is 31.7 Å². The van der Waals surface area contributed by atoms with Crippen LogP contribution in [0.4, 0.5) is 13.2 Å². The third-order valence-corrected chi connectivity index (χ3v) is 4.04. The largest absolute Gasteiger partial charge is 0.490 e. The van der Waals surface area contributed by atoms with Gasteiger partial charge in [-0.1, -0.05) is 12.1 Å². The summed E-state index contributed by atoms with van der Waals surface area (Å²) in [5.41, 5.74) is 1.06. The van der Waals surface area contributed by atoms with E-state index in [1.54, 1.807) is 12.1 Å². The Morgan fingerprint density at radius 1 is 1.24 bits per heavy atom. The van der Waals surface area contributed by atoms with E-state index in [1.165, 1.54) is 6.07 Å². The van der Waals surface area contributed by atoms with Gasteiger partial charge in [0.2, 0.25) is 0 Å². The van der Waals surface area contributed by atoms with Crippen LogP contribution in [0.15, 0.2) is 23.4 Å². The molecule has 0 radical (unpaired) electrons. The fraction of sp³-hybridized carbons (Fsp3) is 0.588. The van der Waals surface area contributed by atoms with E-state index in [0.29, 0.717) is 26.2 Å². The summed E-state index contributed by atoms with van der Waals surface area (Å²) in [5, 5.41) is 4.14. The molecule has 1 saturated heterocycles. The standard InChI is InChI=1S/C17H20F3NO4/c1-2-6-23-15-8-12(3-4-14(15)24-11-17(18,19)20)13-9-16(25-21-13)5-7-22-10-16/h3-4,8H,2,5-7,9-11H2,1H3. The number of ether oxygens (including phenoxy) is 3. The second-order valence-corrected chi connectivity index (χ2v) is 6.21. The second-order valence-electron chi connectivity index (χ2n) is 6.21. The molecule has 25 heavy (non-hydrogen) atoms. The van der Waals surface area contributed by atoms with E-state index < -0.39 is 18.4 Å². The molecule has 1 fully saturated rings. The van der Waals surface area contributed by atoms with E-state index in [1.807, 2.05) is 6.92 Å². The first kappa shape index (κ1) is 17.8. The van der Waals surface area contributed by atoms with Crippen molar-refractivity contribution in [2.75, 3.05) is 26.4 Å². The van der Waals surface area contributed by atoms with Crippen LogP contribution in [0, 0.1) is 0 Å². The summed E-state index contributed by atoms with van der Waals surface area (Å²) >= 11 is 0. The van der Waals surface area contributed by atoms with E-state index in [-0.39, 0.29) is 11.5 Å². The molecule has 1 aromatic carbocycles. The van der Waals surface area contributed by atoms with Crippen molar-refractivity contribution in [2.45, 2.75) is 38.0 Å². The predicted octanol–water partition coefficient (Wildman–Crippen LogP) is 3.70. The quantitative estimate of drug-likeness (QED) is 0.777. The lowest BCUT2D eigenvalue weighted by Crippen LogP contribution is -2.29. The van der Waals surface area contributed by atoms with Gasteiger partial charge in [-0.15, -0.1) is 0 Å². The normalized spacial score (nSPS) is 22.8. The lowest BCUT2D eigenvalue weighted by atomic mass is 9.93. The number of alkyl halides is 3. The molecular weight excluding hydrogens is 339 g/mol. The van der Waals surface area contributed by atoms with E-state index in [2.05, 4.69) is 5.16 Å². The molecule has 0 aromatic heterocycles. The zero-order valence-corrected chi connectivity index (χ0v) is 13.9. The molecule has 5 nitrogen and oxygen atoms in total. The Hall–Kier alpha value is -1.96. The molecule has 1 unspecified atom stereocenters. The number of halogens is 3. The van der Waals surface area contributed by atoms with Crippen molar-refractivity contribution in [3.8, 4) is 11.5 Å². The maximum Gasteiger partial charge on any atom is 0.422 e. The predicted molar refractivity (Wildman–Crippen MR) is 84.2 cm³/mol. The van der Waals surface area contributed by atoms with Crippen molar-refractivity contribution in [3.05, 3.63) is 23.8 Å². The van der Waals surface area contributed by atoms with E-state index >= 15 is 0 Å². The summed E-state index contributed by atoms with van der Waals surface area (Å²) in [6, 6.07) is 4.80. The van der Waals surface area contributed by atoms with Crippen LogP contribution in [0.5, 0.6) is 11.5 Å². The van der Waals surface area contributed by atoms with Crippen LogP contribution in [0.3, 0.4) is 0 Å². The Labute approximate surface area is 143 Å². The first-order valence-electron chi connectivity index (χ1n) is 8.20. The maximum absolute atomic E-state index is 12.4. The topological polar surface area (TPSA) is 49.3 Å². The molecule has 0 aliphatic carbocycles. The molecule has 1 aromatic rings. The highest BCUT2D eigenvalue weighted by molar-refractivity contribution is 6.02. The van der Waals surface area contributed by atoms with Crippen molar-refractivity contribution in [3.63, 3.8) is 0 Å². The average Bonchev–Trinajstić information content (AvgIpc) is 3.21. The molecule has 3 rings (SSSR count). The maximum atomic E-state index is 12.4. The number of oxime groups is 1. The van der Waals surface area contributed by atoms with Crippen molar-refractivity contribution in [1.82, 2.24) is 0 Å². The molecule has 0 amide bonds. The van der Waals surface area contributed by atoms with Crippen molar-refractivity contribution < 1.29 is 32.2 Å². The van der Waals surface area contributed by atoms with E-state index in [4.69, 9.17) is 19.0 Å². The molecule has 1 spiro atoms. The number of hydrogen-bond donors (Lipinski definition) is 0. The minimum atomic E-state index is -4.40. The summed E-state index contributed by atoms with van der Waals surface area (Å²) in [4.78, 5) is 5.55. The van der Waals surface area contributed by atoms with Crippen molar-refractivity contribution >= 4 is 5.71 Å². The molecule has 0 N–H and O–H groups in total. The van der Waals surface area contributed by atoms with Crippen LogP contribution in [0.2, 0.25) is 0 Å². The fourth-order valence-electron chi connectivity index (χ4n) is 2.77. The smallest absolute Gasteiger partial charge is 0.422 e. The van der Waals surface area contributed by atoms with Crippen LogP contribution in [-0.2, 0) is 9.57 Å².